The lowest BCUT2D eigenvalue weighted by Crippen LogP contribution is -2.30. The molecule has 1 aromatic carbocycles. The lowest BCUT2D eigenvalue weighted by atomic mass is 9.77. The summed E-state index contributed by atoms with van der Waals surface area (Å²) in [7, 11) is 0. The van der Waals surface area contributed by atoms with Crippen molar-refractivity contribution in [3.63, 3.8) is 0 Å². The first kappa shape index (κ1) is 10.2. The number of allylic oxidation sites excluding steroid dienone is 2. The summed E-state index contributed by atoms with van der Waals surface area (Å²) in [5.41, 5.74) is 1.92. The molecule has 0 heterocycles. The standard InChI is InChI=1S/C14H16O/c1-14(2)10-6-9-12(13(14)15)11-7-4-3-5-8-11/h3-10,13,15H,1-2H3. The minimum Gasteiger partial charge on any atom is -0.388 e. The molecule has 1 unspecified atom stereocenters. The van der Waals surface area contributed by atoms with E-state index in [1.54, 1.807) is 0 Å². The molecule has 78 valence electrons. The topological polar surface area (TPSA) is 20.2 Å². The first-order chi connectivity index (χ1) is 7.11. The Morgan fingerprint density at radius 1 is 1.13 bits per heavy atom. The van der Waals surface area contributed by atoms with E-state index in [1.807, 2.05) is 62.4 Å². The Balaban J connectivity index is 2.39. The van der Waals surface area contributed by atoms with Gasteiger partial charge in [0.05, 0.1) is 6.10 Å². The summed E-state index contributed by atoms with van der Waals surface area (Å²) in [5, 5.41) is 10.2. The maximum absolute atomic E-state index is 10.2. The number of aliphatic hydroxyl groups excluding tert-OH is 1. The van der Waals surface area contributed by atoms with Crippen LogP contribution in [0.5, 0.6) is 0 Å². The van der Waals surface area contributed by atoms with E-state index < -0.39 is 6.10 Å². The Morgan fingerprint density at radius 2 is 1.80 bits per heavy atom. The maximum atomic E-state index is 10.2. The molecular weight excluding hydrogens is 184 g/mol. The molecule has 0 aliphatic heterocycles. The van der Waals surface area contributed by atoms with Crippen LogP contribution in [0.15, 0.2) is 48.6 Å². The van der Waals surface area contributed by atoms with E-state index in [4.69, 9.17) is 0 Å². The number of rotatable bonds is 1. The van der Waals surface area contributed by atoms with Gasteiger partial charge in [-0.05, 0) is 11.1 Å². The highest BCUT2D eigenvalue weighted by Gasteiger charge is 2.30. The Labute approximate surface area is 90.8 Å². The van der Waals surface area contributed by atoms with Crippen LogP contribution in [0, 0.1) is 5.41 Å². The summed E-state index contributed by atoms with van der Waals surface area (Å²) in [6.07, 6.45) is 5.63. The number of benzene rings is 1. The SMILES string of the molecule is CC1(C)C=CC=C(c2ccccc2)C1O. The average Bonchev–Trinajstić information content (AvgIpc) is 2.23. The molecule has 0 amide bonds. The second kappa shape index (κ2) is 3.67. The third-order valence-electron chi connectivity index (χ3n) is 2.91. The predicted molar refractivity (Wildman–Crippen MR) is 63.3 cm³/mol. The van der Waals surface area contributed by atoms with Crippen LogP contribution in [0.3, 0.4) is 0 Å². The van der Waals surface area contributed by atoms with E-state index >= 15 is 0 Å². The fourth-order valence-electron chi connectivity index (χ4n) is 1.87. The van der Waals surface area contributed by atoms with Gasteiger partial charge in [0.15, 0.2) is 0 Å². The van der Waals surface area contributed by atoms with Crippen molar-refractivity contribution in [2.45, 2.75) is 20.0 Å². The van der Waals surface area contributed by atoms with Gasteiger partial charge in [-0.2, -0.15) is 0 Å². The molecule has 0 saturated heterocycles. The van der Waals surface area contributed by atoms with Gasteiger partial charge in [-0.3, -0.25) is 0 Å². The van der Waals surface area contributed by atoms with Crippen LogP contribution in [0.25, 0.3) is 5.57 Å². The Bertz CT molecular complexity index is 399. The summed E-state index contributed by atoms with van der Waals surface area (Å²) in [4.78, 5) is 0. The van der Waals surface area contributed by atoms with Crippen LogP contribution in [0.1, 0.15) is 19.4 Å². The van der Waals surface area contributed by atoms with E-state index in [0.717, 1.165) is 11.1 Å². The van der Waals surface area contributed by atoms with Gasteiger partial charge < -0.3 is 5.11 Å². The van der Waals surface area contributed by atoms with Crippen LogP contribution in [-0.4, -0.2) is 11.2 Å². The maximum Gasteiger partial charge on any atom is 0.0881 e. The number of hydrogen-bond acceptors (Lipinski definition) is 1. The van der Waals surface area contributed by atoms with E-state index in [1.165, 1.54) is 0 Å². The molecule has 1 aromatic rings. The van der Waals surface area contributed by atoms with Gasteiger partial charge in [0.2, 0.25) is 0 Å². The van der Waals surface area contributed by atoms with Crippen molar-refractivity contribution in [2.24, 2.45) is 5.41 Å². The van der Waals surface area contributed by atoms with E-state index in [9.17, 15) is 5.11 Å². The van der Waals surface area contributed by atoms with Gasteiger partial charge in [-0.25, -0.2) is 0 Å². The summed E-state index contributed by atoms with van der Waals surface area (Å²) >= 11 is 0. The van der Waals surface area contributed by atoms with E-state index in [-0.39, 0.29) is 5.41 Å². The van der Waals surface area contributed by atoms with Crippen LogP contribution < -0.4 is 0 Å². The highest BCUT2D eigenvalue weighted by Crippen LogP contribution is 2.35. The van der Waals surface area contributed by atoms with Crippen molar-refractivity contribution >= 4 is 5.57 Å². The van der Waals surface area contributed by atoms with Crippen molar-refractivity contribution in [2.75, 3.05) is 0 Å². The smallest absolute Gasteiger partial charge is 0.0881 e. The molecule has 0 aromatic heterocycles. The first-order valence-electron chi connectivity index (χ1n) is 5.24. The predicted octanol–water partition coefficient (Wildman–Crippen LogP) is 3.03. The average molecular weight is 200 g/mol. The lowest BCUT2D eigenvalue weighted by molar-refractivity contribution is 0.133. The first-order valence-corrected chi connectivity index (χ1v) is 5.24. The minimum atomic E-state index is -0.426. The van der Waals surface area contributed by atoms with Crippen molar-refractivity contribution in [3.8, 4) is 0 Å². The van der Waals surface area contributed by atoms with Gasteiger partial charge in [0.25, 0.3) is 0 Å². The van der Waals surface area contributed by atoms with Gasteiger partial charge in [-0.1, -0.05) is 62.4 Å². The van der Waals surface area contributed by atoms with Crippen molar-refractivity contribution in [3.05, 3.63) is 54.1 Å². The normalized spacial score (nSPS) is 23.7. The molecule has 1 aliphatic rings. The van der Waals surface area contributed by atoms with Crippen LogP contribution in [-0.2, 0) is 0 Å². The van der Waals surface area contributed by atoms with E-state index in [2.05, 4.69) is 0 Å². The Morgan fingerprint density at radius 3 is 2.47 bits per heavy atom. The number of aliphatic hydroxyl groups is 1. The fourth-order valence-corrected chi connectivity index (χ4v) is 1.87. The summed E-state index contributed by atoms with van der Waals surface area (Å²) in [6, 6.07) is 10.0. The molecule has 0 saturated carbocycles. The minimum absolute atomic E-state index is 0.181. The Hall–Kier alpha value is -1.34. The van der Waals surface area contributed by atoms with Gasteiger partial charge in [-0.15, -0.1) is 0 Å². The molecule has 1 aliphatic carbocycles. The Kier molecular flexibility index (Phi) is 2.49. The molecule has 0 radical (unpaired) electrons. The molecule has 2 rings (SSSR count). The molecule has 0 fully saturated rings. The van der Waals surface area contributed by atoms with Crippen molar-refractivity contribution < 1.29 is 5.11 Å². The van der Waals surface area contributed by atoms with Crippen LogP contribution in [0.2, 0.25) is 0 Å². The number of hydrogen-bond donors (Lipinski definition) is 1. The second-order valence-corrected chi connectivity index (χ2v) is 4.57. The molecule has 1 N–H and O–H groups in total. The molecule has 0 bridgehead atoms. The largest absolute Gasteiger partial charge is 0.388 e. The van der Waals surface area contributed by atoms with Crippen LogP contribution in [0.4, 0.5) is 0 Å². The fraction of sp³-hybridized carbons (Fsp3) is 0.286. The second-order valence-electron chi connectivity index (χ2n) is 4.57. The zero-order chi connectivity index (χ0) is 10.9. The zero-order valence-electron chi connectivity index (χ0n) is 9.14. The molecule has 15 heavy (non-hydrogen) atoms. The molecule has 1 heteroatoms. The lowest BCUT2D eigenvalue weighted by Gasteiger charge is -2.32. The van der Waals surface area contributed by atoms with E-state index in [0.29, 0.717) is 0 Å². The highest BCUT2D eigenvalue weighted by molar-refractivity contribution is 5.72. The van der Waals surface area contributed by atoms with Gasteiger partial charge >= 0.3 is 0 Å². The summed E-state index contributed by atoms with van der Waals surface area (Å²) in [5.74, 6) is 0. The molecular formula is C14H16O. The molecule has 0 spiro atoms. The quantitative estimate of drug-likeness (QED) is 0.738. The van der Waals surface area contributed by atoms with Crippen LogP contribution >= 0.6 is 0 Å². The van der Waals surface area contributed by atoms with Crippen molar-refractivity contribution in [1.29, 1.82) is 0 Å². The van der Waals surface area contributed by atoms with Gasteiger partial charge in [0, 0.05) is 5.41 Å². The van der Waals surface area contributed by atoms with Crippen molar-refractivity contribution in [1.82, 2.24) is 0 Å². The summed E-state index contributed by atoms with van der Waals surface area (Å²) < 4.78 is 0. The third kappa shape index (κ3) is 1.88. The molecule has 1 atom stereocenters. The molecule has 1 nitrogen and oxygen atoms in total. The third-order valence-corrected chi connectivity index (χ3v) is 2.91. The van der Waals surface area contributed by atoms with Gasteiger partial charge in [0.1, 0.15) is 0 Å². The highest BCUT2D eigenvalue weighted by atomic mass is 16.3. The zero-order valence-corrected chi connectivity index (χ0v) is 9.14. The summed E-state index contributed by atoms with van der Waals surface area (Å²) in [6.45, 7) is 4.09. The monoisotopic (exact) mass is 200 g/mol.